The van der Waals surface area contributed by atoms with Crippen molar-refractivity contribution < 1.29 is 19.5 Å². The van der Waals surface area contributed by atoms with Crippen LogP contribution < -0.4 is 5.32 Å². The first kappa shape index (κ1) is 19.6. The molecule has 2 heterocycles. The number of carbonyl (C=O) groups excluding carboxylic acids is 2. The average molecular weight is 406 g/mol. The van der Waals surface area contributed by atoms with Gasteiger partial charge in [-0.25, -0.2) is 9.79 Å². The van der Waals surface area contributed by atoms with Crippen LogP contribution in [0.3, 0.4) is 0 Å². The highest BCUT2D eigenvalue weighted by Gasteiger charge is 2.29. The number of nitrogens with one attached hydrogen (secondary N) is 1. The van der Waals surface area contributed by atoms with E-state index in [1.165, 1.54) is 17.1 Å². The highest BCUT2D eigenvalue weighted by atomic mass is 16.4. The predicted molar refractivity (Wildman–Crippen MR) is 112 cm³/mol. The molecule has 0 bridgehead atoms. The molecule has 0 radical (unpaired) electrons. The maximum atomic E-state index is 12.8. The third-order valence-corrected chi connectivity index (χ3v) is 5.33. The molecule has 0 unspecified atom stereocenters. The molecule has 8 nitrogen and oxygen atoms in total. The Bertz CT molecular complexity index is 1010. The van der Waals surface area contributed by atoms with Gasteiger partial charge in [-0.2, -0.15) is 0 Å². The Morgan fingerprint density at radius 2 is 2.00 bits per heavy atom. The molecule has 0 spiro atoms. The molecule has 0 aromatic heterocycles. The number of ketones is 1. The number of rotatable bonds is 5. The van der Waals surface area contributed by atoms with Gasteiger partial charge in [0.15, 0.2) is 5.78 Å². The van der Waals surface area contributed by atoms with Gasteiger partial charge in [-0.05, 0) is 30.2 Å². The molecule has 30 heavy (non-hydrogen) atoms. The lowest BCUT2D eigenvalue weighted by Gasteiger charge is -2.30. The molecule has 1 fully saturated rings. The number of carbonyl (C=O) groups is 3. The van der Waals surface area contributed by atoms with Crippen molar-refractivity contribution in [2.45, 2.75) is 19.3 Å². The summed E-state index contributed by atoms with van der Waals surface area (Å²) in [4.78, 5) is 44.5. The lowest BCUT2D eigenvalue weighted by Crippen LogP contribution is -2.40. The van der Waals surface area contributed by atoms with Gasteiger partial charge in [0.25, 0.3) is 5.91 Å². The van der Waals surface area contributed by atoms with E-state index in [1.807, 2.05) is 6.07 Å². The third kappa shape index (κ3) is 4.17. The lowest BCUT2D eigenvalue weighted by molar-refractivity contribution is -0.117. The van der Waals surface area contributed by atoms with Crippen LogP contribution >= 0.6 is 0 Å². The summed E-state index contributed by atoms with van der Waals surface area (Å²) >= 11 is 0. The Kier molecular flexibility index (Phi) is 5.47. The number of allylic oxidation sites excluding steroid dienone is 1. The lowest BCUT2D eigenvalue weighted by atomic mass is 9.95. The molecule has 2 N–H and O–H groups in total. The van der Waals surface area contributed by atoms with Crippen molar-refractivity contribution in [3.05, 3.63) is 65.5 Å². The molecule has 1 saturated heterocycles. The second kappa shape index (κ2) is 8.36. The topological polar surface area (TPSA) is 102 Å². The predicted octanol–water partition coefficient (Wildman–Crippen LogP) is 2.78. The summed E-state index contributed by atoms with van der Waals surface area (Å²) in [7, 11) is 0. The van der Waals surface area contributed by atoms with Gasteiger partial charge >= 0.3 is 6.09 Å². The average Bonchev–Trinajstić information content (AvgIpc) is 3.21. The largest absolute Gasteiger partial charge is 0.465 e. The minimum Gasteiger partial charge on any atom is -0.465 e. The fourth-order valence-electron chi connectivity index (χ4n) is 3.78. The SMILES string of the molecule is O=C1C=CC(CN(C(=O)O)C2=CN=C3CCCN3C2)=C(C(=O)Nc2ccccc2)C1. The quantitative estimate of drug-likeness (QED) is 0.783. The third-order valence-electron chi connectivity index (χ3n) is 5.33. The molecule has 2 amide bonds. The van der Waals surface area contributed by atoms with Gasteiger partial charge in [0.1, 0.15) is 5.84 Å². The van der Waals surface area contributed by atoms with E-state index in [0.29, 0.717) is 23.5 Å². The van der Waals surface area contributed by atoms with Crippen LogP contribution in [-0.2, 0) is 9.59 Å². The van der Waals surface area contributed by atoms with Crippen LogP contribution in [-0.4, -0.2) is 58.2 Å². The van der Waals surface area contributed by atoms with Crippen molar-refractivity contribution in [1.82, 2.24) is 9.80 Å². The van der Waals surface area contributed by atoms with Gasteiger partial charge in [0, 0.05) is 30.6 Å². The Morgan fingerprint density at radius 3 is 2.77 bits per heavy atom. The maximum absolute atomic E-state index is 12.8. The summed E-state index contributed by atoms with van der Waals surface area (Å²) in [5.41, 5.74) is 1.94. The maximum Gasteiger partial charge on any atom is 0.411 e. The molecule has 2 aliphatic heterocycles. The molecule has 154 valence electrons. The van der Waals surface area contributed by atoms with E-state index in [9.17, 15) is 19.5 Å². The first-order valence-electron chi connectivity index (χ1n) is 9.82. The van der Waals surface area contributed by atoms with Crippen molar-refractivity contribution >= 4 is 29.3 Å². The van der Waals surface area contributed by atoms with Crippen molar-refractivity contribution in [2.24, 2.45) is 4.99 Å². The van der Waals surface area contributed by atoms with Gasteiger partial charge in [-0.1, -0.05) is 24.3 Å². The molecular formula is C22H22N4O4. The second-order valence-electron chi connectivity index (χ2n) is 7.36. The van der Waals surface area contributed by atoms with Crippen LogP contribution in [0, 0.1) is 0 Å². The van der Waals surface area contributed by atoms with Crippen LogP contribution in [0.15, 0.2) is 70.5 Å². The monoisotopic (exact) mass is 406 g/mol. The first-order valence-corrected chi connectivity index (χ1v) is 9.82. The minimum atomic E-state index is -1.13. The Balaban J connectivity index is 1.59. The normalized spacial score (nSPS) is 18.0. The Labute approximate surface area is 173 Å². The Morgan fingerprint density at radius 1 is 1.20 bits per heavy atom. The Hall–Kier alpha value is -3.68. The van der Waals surface area contributed by atoms with Crippen LogP contribution in [0.25, 0.3) is 0 Å². The second-order valence-corrected chi connectivity index (χ2v) is 7.36. The number of anilines is 1. The molecule has 0 saturated carbocycles. The van der Waals surface area contributed by atoms with Crippen LogP contribution in [0.1, 0.15) is 19.3 Å². The van der Waals surface area contributed by atoms with Crippen molar-refractivity contribution in [3.63, 3.8) is 0 Å². The number of nitrogens with zero attached hydrogens (tertiary/aromatic N) is 3. The van der Waals surface area contributed by atoms with Crippen molar-refractivity contribution in [2.75, 3.05) is 25.0 Å². The summed E-state index contributed by atoms with van der Waals surface area (Å²) in [6, 6.07) is 8.93. The number of carboxylic acid groups (broad SMARTS) is 1. The van der Waals surface area contributed by atoms with E-state index < -0.39 is 12.0 Å². The summed E-state index contributed by atoms with van der Waals surface area (Å²) in [6.45, 7) is 1.29. The zero-order valence-corrected chi connectivity index (χ0v) is 16.4. The van der Waals surface area contributed by atoms with Gasteiger partial charge in [-0.15, -0.1) is 0 Å². The van der Waals surface area contributed by atoms with E-state index >= 15 is 0 Å². The number of hydrogen-bond donors (Lipinski definition) is 2. The fraction of sp³-hybridized carbons (Fsp3) is 0.273. The molecule has 1 aliphatic carbocycles. The highest BCUT2D eigenvalue weighted by Crippen LogP contribution is 2.25. The van der Waals surface area contributed by atoms with E-state index in [0.717, 1.165) is 25.2 Å². The number of amides is 2. The number of aliphatic imine (C=N–C) groups is 1. The molecule has 0 atom stereocenters. The van der Waals surface area contributed by atoms with Gasteiger partial charge in [-0.3, -0.25) is 14.5 Å². The van der Waals surface area contributed by atoms with Crippen LogP contribution in [0.5, 0.6) is 0 Å². The number of amidine groups is 1. The van der Waals surface area contributed by atoms with Gasteiger partial charge in [0.05, 0.1) is 25.0 Å². The number of hydrogen-bond acceptors (Lipinski definition) is 5. The van der Waals surface area contributed by atoms with Crippen molar-refractivity contribution in [3.8, 4) is 0 Å². The van der Waals surface area contributed by atoms with Gasteiger partial charge in [0.2, 0.25) is 0 Å². The van der Waals surface area contributed by atoms with Crippen LogP contribution in [0.4, 0.5) is 10.5 Å². The molecule has 3 aliphatic rings. The fourth-order valence-corrected chi connectivity index (χ4v) is 3.78. The highest BCUT2D eigenvalue weighted by molar-refractivity contribution is 6.10. The molecular weight excluding hydrogens is 384 g/mol. The smallest absolute Gasteiger partial charge is 0.411 e. The van der Waals surface area contributed by atoms with E-state index in [-0.39, 0.29) is 24.3 Å². The van der Waals surface area contributed by atoms with Gasteiger partial charge < -0.3 is 15.3 Å². The molecule has 1 aromatic carbocycles. The summed E-state index contributed by atoms with van der Waals surface area (Å²) in [5.74, 6) is 0.383. The number of benzene rings is 1. The summed E-state index contributed by atoms with van der Waals surface area (Å²) < 4.78 is 0. The van der Waals surface area contributed by atoms with E-state index in [2.05, 4.69) is 15.2 Å². The van der Waals surface area contributed by atoms with Crippen LogP contribution in [0.2, 0.25) is 0 Å². The number of para-hydroxylation sites is 1. The summed E-state index contributed by atoms with van der Waals surface area (Å²) in [6.07, 6.45) is 5.23. The summed E-state index contributed by atoms with van der Waals surface area (Å²) in [5, 5.41) is 12.6. The number of fused-ring (bicyclic) bond motifs is 1. The van der Waals surface area contributed by atoms with E-state index in [4.69, 9.17) is 0 Å². The van der Waals surface area contributed by atoms with Crippen molar-refractivity contribution in [1.29, 1.82) is 0 Å². The zero-order chi connectivity index (χ0) is 21.1. The standard InChI is InChI=1S/C22H22N4O4/c27-18-9-8-15(19(11-18)21(28)24-16-5-2-1-3-6-16)13-26(22(29)30)17-12-23-20-7-4-10-25(20)14-17/h1-3,5-6,8-9,12H,4,7,10-11,13-14H2,(H,24,28)(H,29,30). The van der Waals surface area contributed by atoms with E-state index in [1.54, 1.807) is 30.5 Å². The minimum absolute atomic E-state index is 0.0266. The molecule has 1 aromatic rings. The molecule has 8 heteroatoms. The zero-order valence-electron chi connectivity index (χ0n) is 16.4. The molecule has 4 rings (SSSR count). The first-order chi connectivity index (χ1) is 14.5.